The van der Waals surface area contributed by atoms with Crippen LogP contribution in [0.2, 0.25) is 0 Å². The van der Waals surface area contributed by atoms with Crippen molar-refractivity contribution in [3.05, 3.63) is 58.6 Å². The van der Waals surface area contributed by atoms with Crippen molar-refractivity contribution in [2.75, 3.05) is 36.5 Å². The summed E-state index contributed by atoms with van der Waals surface area (Å²) < 4.78 is 11.6. The van der Waals surface area contributed by atoms with Crippen molar-refractivity contribution < 1.29 is 14.3 Å². The average Bonchev–Trinajstić information content (AvgIpc) is 2.62. The normalized spacial score (nSPS) is 14.3. The van der Waals surface area contributed by atoms with Crippen LogP contribution in [0.5, 0.6) is 0 Å². The highest BCUT2D eigenvalue weighted by Crippen LogP contribution is 2.30. The zero-order valence-corrected chi connectivity index (χ0v) is 14.8. The van der Waals surface area contributed by atoms with E-state index < -0.39 is 6.09 Å². The van der Waals surface area contributed by atoms with Gasteiger partial charge >= 0.3 is 6.09 Å². The van der Waals surface area contributed by atoms with Crippen LogP contribution in [0.3, 0.4) is 0 Å². The number of hydrogen-bond acceptors (Lipinski definition) is 4. The minimum atomic E-state index is -0.466. The van der Waals surface area contributed by atoms with Crippen molar-refractivity contribution in [3.8, 4) is 0 Å². The maximum absolute atomic E-state index is 12.1. The van der Waals surface area contributed by atoms with Crippen LogP contribution < -0.4 is 10.2 Å². The molecule has 1 amide bonds. The van der Waals surface area contributed by atoms with Crippen LogP contribution in [0.15, 0.2) is 53.0 Å². The molecule has 0 aliphatic carbocycles. The number of nitrogens with zero attached hydrogens (tertiary/aromatic N) is 1. The van der Waals surface area contributed by atoms with Crippen LogP contribution in [0.1, 0.15) is 5.56 Å². The Labute approximate surface area is 149 Å². The molecule has 1 heterocycles. The number of anilines is 2. The van der Waals surface area contributed by atoms with E-state index in [4.69, 9.17) is 9.47 Å². The minimum Gasteiger partial charge on any atom is -0.444 e. The predicted molar refractivity (Wildman–Crippen MR) is 97.4 cm³/mol. The molecule has 0 saturated carbocycles. The van der Waals surface area contributed by atoms with Crippen LogP contribution in [-0.4, -0.2) is 32.4 Å². The number of nitrogens with one attached hydrogen (secondary N) is 1. The molecule has 1 N–H and O–H groups in total. The largest absolute Gasteiger partial charge is 0.444 e. The van der Waals surface area contributed by atoms with Gasteiger partial charge in [0.2, 0.25) is 0 Å². The molecule has 2 aromatic rings. The standard InChI is InChI=1S/C18H19BrN2O3/c19-15-6-7-17(21-8-10-23-11-9-21)16(12-15)20-18(22)24-13-14-4-2-1-3-5-14/h1-7,12H,8-11,13H2,(H,20,22). The first-order chi connectivity index (χ1) is 11.7. The summed E-state index contributed by atoms with van der Waals surface area (Å²) in [6.07, 6.45) is -0.466. The molecule has 1 saturated heterocycles. The van der Waals surface area contributed by atoms with Gasteiger partial charge in [-0.2, -0.15) is 0 Å². The Balaban J connectivity index is 1.66. The van der Waals surface area contributed by atoms with E-state index >= 15 is 0 Å². The number of carbonyl (C=O) groups is 1. The van der Waals surface area contributed by atoms with E-state index in [2.05, 4.69) is 26.1 Å². The number of ether oxygens (including phenoxy) is 2. The zero-order chi connectivity index (χ0) is 16.8. The predicted octanol–water partition coefficient (Wildman–Crippen LogP) is 4.03. The Morgan fingerprint density at radius 1 is 1.17 bits per heavy atom. The van der Waals surface area contributed by atoms with Crippen LogP contribution in [0, 0.1) is 0 Å². The maximum atomic E-state index is 12.1. The van der Waals surface area contributed by atoms with Gasteiger partial charge in [0.05, 0.1) is 24.6 Å². The topological polar surface area (TPSA) is 50.8 Å². The van der Waals surface area contributed by atoms with Crippen molar-refractivity contribution in [1.29, 1.82) is 0 Å². The second-order valence-corrected chi connectivity index (χ2v) is 6.36. The first-order valence-electron chi connectivity index (χ1n) is 7.82. The summed E-state index contributed by atoms with van der Waals surface area (Å²) in [6.45, 7) is 3.22. The van der Waals surface area contributed by atoms with Gasteiger partial charge in [0, 0.05) is 17.6 Å². The molecular weight excluding hydrogens is 372 g/mol. The Bertz CT molecular complexity index is 688. The molecule has 1 fully saturated rings. The quantitative estimate of drug-likeness (QED) is 0.855. The third-order valence-corrected chi connectivity index (χ3v) is 4.25. The highest BCUT2D eigenvalue weighted by atomic mass is 79.9. The molecule has 0 radical (unpaired) electrons. The van der Waals surface area contributed by atoms with Crippen molar-refractivity contribution in [2.45, 2.75) is 6.61 Å². The molecule has 0 bridgehead atoms. The van der Waals surface area contributed by atoms with E-state index in [1.807, 2.05) is 48.5 Å². The number of hydrogen-bond donors (Lipinski definition) is 1. The number of halogens is 1. The second kappa shape index (κ2) is 8.17. The Morgan fingerprint density at radius 3 is 2.67 bits per heavy atom. The molecule has 1 aliphatic rings. The molecule has 3 rings (SSSR count). The van der Waals surface area contributed by atoms with Gasteiger partial charge in [-0.25, -0.2) is 4.79 Å². The van der Waals surface area contributed by atoms with Gasteiger partial charge < -0.3 is 14.4 Å². The second-order valence-electron chi connectivity index (χ2n) is 5.45. The third-order valence-electron chi connectivity index (χ3n) is 3.76. The highest BCUT2D eigenvalue weighted by Gasteiger charge is 2.17. The lowest BCUT2D eigenvalue weighted by Gasteiger charge is -2.30. The SMILES string of the molecule is O=C(Nc1cc(Br)ccc1N1CCOCC1)OCc1ccccc1. The zero-order valence-electron chi connectivity index (χ0n) is 13.2. The fraction of sp³-hybridized carbons (Fsp3) is 0.278. The van der Waals surface area contributed by atoms with Crippen LogP contribution in [-0.2, 0) is 16.1 Å². The molecular formula is C18H19BrN2O3. The molecule has 5 nitrogen and oxygen atoms in total. The Kier molecular flexibility index (Phi) is 5.72. The van der Waals surface area contributed by atoms with Gasteiger partial charge in [-0.15, -0.1) is 0 Å². The van der Waals surface area contributed by atoms with E-state index in [9.17, 15) is 4.79 Å². The molecule has 2 aromatic carbocycles. The summed E-state index contributed by atoms with van der Waals surface area (Å²) in [5.41, 5.74) is 2.65. The van der Waals surface area contributed by atoms with Crippen molar-refractivity contribution in [3.63, 3.8) is 0 Å². The Hall–Kier alpha value is -2.05. The van der Waals surface area contributed by atoms with Crippen LogP contribution >= 0.6 is 15.9 Å². The maximum Gasteiger partial charge on any atom is 0.412 e. The third kappa shape index (κ3) is 4.49. The molecule has 1 aliphatic heterocycles. The summed E-state index contributed by atoms with van der Waals surface area (Å²) in [4.78, 5) is 14.3. The average molecular weight is 391 g/mol. The van der Waals surface area contributed by atoms with Gasteiger partial charge in [0.25, 0.3) is 0 Å². The van der Waals surface area contributed by atoms with E-state index in [0.717, 1.165) is 34.5 Å². The van der Waals surface area contributed by atoms with Gasteiger partial charge in [-0.3, -0.25) is 5.32 Å². The summed E-state index contributed by atoms with van der Waals surface area (Å²) in [6, 6.07) is 15.4. The summed E-state index contributed by atoms with van der Waals surface area (Å²) in [5.74, 6) is 0. The van der Waals surface area contributed by atoms with Gasteiger partial charge in [0.1, 0.15) is 6.61 Å². The van der Waals surface area contributed by atoms with E-state index in [1.165, 1.54) is 0 Å². The number of carbonyl (C=O) groups excluding carboxylic acids is 1. The number of morpholine rings is 1. The lowest BCUT2D eigenvalue weighted by molar-refractivity contribution is 0.123. The lowest BCUT2D eigenvalue weighted by atomic mass is 10.2. The fourth-order valence-corrected chi connectivity index (χ4v) is 2.92. The van der Waals surface area contributed by atoms with Gasteiger partial charge in [-0.1, -0.05) is 46.3 Å². The lowest BCUT2D eigenvalue weighted by Crippen LogP contribution is -2.36. The van der Waals surface area contributed by atoms with Gasteiger partial charge in [0.15, 0.2) is 0 Å². The molecule has 24 heavy (non-hydrogen) atoms. The van der Waals surface area contributed by atoms with Crippen LogP contribution in [0.25, 0.3) is 0 Å². The molecule has 126 valence electrons. The minimum absolute atomic E-state index is 0.244. The van der Waals surface area contributed by atoms with E-state index in [0.29, 0.717) is 13.2 Å². The Morgan fingerprint density at radius 2 is 1.92 bits per heavy atom. The highest BCUT2D eigenvalue weighted by molar-refractivity contribution is 9.10. The first kappa shape index (κ1) is 16.8. The van der Waals surface area contributed by atoms with Crippen molar-refractivity contribution in [1.82, 2.24) is 0 Å². The number of benzene rings is 2. The molecule has 0 unspecified atom stereocenters. The summed E-state index contributed by atoms with van der Waals surface area (Å²) in [7, 11) is 0. The summed E-state index contributed by atoms with van der Waals surface area (Å²) >= 11 is 3.45. The molecule has 0 aromatic heterocycles. The molecule has 0 spiro atoms. The van der Waals surface area contributed by atoms with E-state index in [-0.39, 0.29) is 6.61 Å². The number of amides is 1. The first-order valence-corrected chi connectivity index (χ1v) is 8.61. The fourth-order valence-electron chi connectivity index (χ4n) is 2.56. The molecule has 6 heteroatoms. The van der Waals surface area contributed by atoms with Crippen molar-refractivity contribution in [2.24, 2.45) is 0 Å². The van der Waals surface area contributed by atoms with E-state index in [1.54, 1.807) is 0 Å². The monoisotopic (exact) mass is 390 g/mol. The van der Waals surface area contributed by atoms with Crippen molar-refractivity contribution >= 4 is 33.4 Å². The number of rotatable bonds is 4. The smallest absolute Gasteiger partial charge is 0.412 e. The molecule has 0 atom stereocenters. The summed E-state index contributed by atoms with van der Waals surface area (Å²) in [5, 5.41) is 2.85. The van der Waals surface area contributed by atoms with Gasteiger partial charge in [-0.05, 0) is 23.8 Å². The van der Waals surface area contributed by atoms with Crippen LogP contribution in [0.4, 0.5) is 16.2 Å².